The first-order valence-corrected chi connectivity index (χ1v) is 5.68. The lowest BCUT2D eigenvalue weighted by Gasteiger charge is -2.08. The van der Waals surface area contributed by atoms with E-state index < -0.39 is 5.97 Å². The topological polar surface area (TPSA) is 59.3 Å². The van der Waals surface area contributed by atoms with Crippen LogP contribution < -0.4 is 0 Å². The van der Waals surface area contributed by atoms with Crippen LogP contribution in [0, 0.1) is 13.8 Å². The summed E-state index contributed by atoms with van der Waals surface area (Å²) < 4.78 is 1.88. The summed E-state index contributed by atoms with van der Waals surface area (Å²) in [6.07, 6.45) is 1.76. The minimum absolute atomic E-state index is 0.0503. The van der Waals surface area contributed by atoms with Crippen LogP contribution in [0.5, 0.6) is 0 Å². The van der Waals surface area contributed by atoms with Gasteiger partial charge in [0.15, 0.2) is 5.78 Å². The highest BCUT2D eigenvalue weighted by molar-refractivity contribution is 6.11. The SMILES string of the molecule is CC(=O)c1cn(C)c2c(C)cc(C(=O)O)c(C)c12. The molecule has 0 radical (unpaired) electrons. The van der Waals surface area contributed by atoms with Gasteiger partial charge in [-0.3, -0.25) is 4.79 Å². The fraction of sp³-hybridized carbons (Fsp3) is 0.286. The Hall–Kier alpha value is -2.10. The highest BCUT2D eigenvalue weighted by atomic mass is 16.4. The van der Waals surface area contributed by atoms with Crippen LogP contribution in [0.25, 0.3) is 10.9 Å². The second-order valence-corrected chi connectivity index (χ2v) is 4.60. The molecule has 1 aromatic carbocycles. The maximum Gasteiger partial charge on any atom is 0.335 e. The predicted octanol–water partition coefficient (Wildman–Crippen LogP) is 2.70. The molecule has 1 heterocycles. The number of aromatic carboxylic acids is 1. The molecule has 4 heteroatoms. The Morgan fingerprint density at radius 1 is 1.22 bits per heavy atom. The van der Waals surface area contributed by atoms with E-state index in [1.165, 1.54) is 6.92 Å². The number of benzene rings is 1. The highest BCUT2D eigenvalue weighted by Gasteiger charge is 2.19. The van der Waals surface area contributed by atoms with E-state index in [9.17, 15) is 14.7 Å². The summed E-state index contributed by atoms with van der Waals surface area (Å²) in [7, 11) is 1.86. The second kappa shape index (κ2) is 3.98. The molecule has 0 saturated heterocycles. The summed E-state index contributed by atoms with van der Waals surface area (Å²) in [4.78, 5) is 22.9. The molecular formula is C14H15NO3. The minimum atomic E-state index is -0.962. The van der Waals surface area contributed by atoms with Gasteiger partial charge in [-0.2, -0.15) is 0 Å². The van der Waals surface area contributed by atoms with Crippen molar-refractivity contribution in [2.75, 3.05) is 0 Å². The molecule has 0 amide bonds. The van der Waals surface area contributed by atoms with Crippen LogP contribution in [0.1, 0.15) is 38.8 Å². The maximum absolute atomic E-state index is 11.7. The zero-order valence-electron chi connectivity index (χ0n) is 10.9. The van der Waals surface area contributed by atoms with E-state index in [0.29, 0.717) is 11.1 Å². The first-order chi connectivity index (χ1) is 8.34. The van der Waals surface area contributed by atoms with Gasteiger partial charge in [-0.15, -0.1) is 0 Å². The van der Waals surface area contributed by atoms with Gasteiger partial charge in [-0.25, -0.2) is 4.79 Å². The average Bonchev–Trinajstić information content (AvgIpc) is 2.62. The van der Waals surface area contributed by atoms with Crippen molar-refractivity contribution < 1.29 is 14.7 Å². The number of carbonyl (C=O) groups is 2. The first kappa shape index (κ1) is 12.4. The number of aryl methyl sites for hydroxylation is 3. The monoisotopic (exact) mass is 245 g/mol. The van der Waals surface area contributed by atoms with Crippen molar-refractivity contribution in [3.63, 3.8) is 0 Å². The van der Waals surface area contributed by atoms with E-state index in [4.69, 9.17) is 0 Å². The van der Waals surface area contributed by atoms with Crippen molar-refractivity contribution in [3.05, 3.63) is 34.5 Å². The van der Waals surface area contributed by atoms with Gasteiger partial charge in [-0.05, 0) is 38.0 Å². The smallest absolute Gasteiger partial charge is 0.335 e. The summed E-state index contributed by atoms with van der Waals surface area (Å²) >= 11 is 0. The molecule has 0 aliphatic heterocycles. The molecule has 94 valence electrons. The van der Waals surface area contributed by atoms with Crippen LogP contribution in [-0.2, 0) is 7.05 Å². The molecule has 1 N–H and O–H groups in total. The number of Topliss-reactive ketones (excluding diaryl/α,β-unsaturated/α-hetero) is 1. The summed E-state index contributed by atoms with van der Waals surface area (Å²) in [6, 6.07) is 1.66. The quantitative estimate of drug-likeness (QED) is 0.827. The number of hydrogen-bond acceptors (Lipinski definition) is 2. The molecule has 2 rings (SSSR count). The third-order valence-corrected chi connectivity index (χ3v) is 3.30. The number of ketones is 1. The molecular weight excluding hydrogens is 230 g/mol. The Balaban J connectivity index is 3.01. The van der Waals surface area contributed by atoms with Gasteiger partial charge >= 0.3 is 5.97 Å². The molecule has 18 heavy (non-hydrogen) atoms. The van der Waals surface area contributed by atoms with Crippen molar-refractivity contribution in [2.24, 2.45) is 7.05 Å². The Kier molecular flexibility index (Phi) is 2.73. The number of hydrogen-bond donors (Lipinski definition) is 1. The Bertz CT molecular complexity index is 680. The van der Waals surface area contributed by atoms with Gasteiger partial charge in [0.1, 0.15) is 0 Å². The van der Waals surface area contributed by atoms with E-state index in [0.717, 1.165) is 16.5 Å². The maximum atomic E-state index is 11.7. The van der Waals surface area contributed by atoms with E-state index in [2.05, 4.69) is 0 Å². The van der Waals surface area contributed by atoms with Crippen molar-refractivity contribution in [1.29, 1.82) is 0 Å². The Morgan fingerprint density at radius 2 is 1.83 bits per heavy atom. The molecule has 1 aromatic heterocycles. The number of aromatic nitrogens is 1. The van der Waals surface area contributed by atoms with Crippen LogP contribution >= 0.6 is 0 Å². The second-order valence-electron chi connectivity index (χ2n) is 4.60. The molecule has 0 aliphatic rings. The summed E-state index contributed by atoms with van der Waals surface area (Å²) in [6.45, 7) is 5.10. The van der Waals surface area contributed by atoms with Crippen LogP contribution in [0.2, 0.25) is 0 Å². The first-order valence-electron chi connectivity index (χ1n) is 5.68. The van der Waals surface area contributed by atoms with E-state index in [1.54, 1.807) is 19.2 Å². The normalized spacial score (nSPS) is 10.9. The standard InChI is InChI=1S/C14H15NO3/c1-7-5-10(14(17)18)8(2)12-11(9(3)16)6-15(4)13(7)12/h5-6H,1-4H3,(H,17,18). The summed E-state index contributed by atoms with van der Waals surface area (Å²) in [5.74, 6) is -1.01. The lowest BCUT2D eigenvalue weighted by Crippen LogP contribution is -2.03. The number of rotatable bonds is 2. The average molecular weight is 245 g/mol. The minimum Gasteiger partial charge on any atom is -0.478 e. The molecule has 0 unspecified atom stereocenters. The third-order valence-electron chi connectivity index (χ3n) is 3.30. The van der Waals surface area contributed by atoms with Gasteiger partial charge in [0.25, 0.3) is 0 Å². The zero-order valence-corrected chi connectivity index (χ0v) is 10.9. The number of carboxylic acid groups (broad SMARTS) is 1. The lowest BCUT2D eigenvalue weighted by molar-refractivity contribution is 0.0696. The number of nitrogens with zero attached hydrogens (tertiary/aromatic N) is 1. The largest absolute Gasteiger partial charge is 0.478 e. The van der Waals surface area contributed by atoms with Gasteiger partial charge in [0.05, 0.1) is 11.1 Å². The fourth-order valence-electron chi connectivity index (χ4n) is 2.50. The van der Waals surface area contributed by atoms with Crippen molar-refractivity contribution in [3.8, 4) is 0 Å². The fourth-order valence-corrected chi connectivity index (χ4v) is 2.50. The molecule has 0 aliphatic carbocycles. The number of carbonyl (C=O) groups excluding carboxylic acids is 1. The van der Waals surface area contributed by atoms with E-state index in [1.807, 2.05) is 18.5 Å². The molecule has 0 bridgehead atoms. The van der Waals surface area contributed by atoms with E-state index in [-0.39, 0.29) is 11.3 Å². The van der Waals surface area contributed by atoms with Crippen molar-refractivity contribution in [2.45, 2.75) is 20.8 Å². The molecule has 0 spiro atoms. The van der Waals surface area contributed by atoms with Gasteiger partial charge < -0.3 is 9.67 Å². The van der Waals surface area contributed by atoms with Crippen LogP contribution in [0.3, 0.4) is 0 Å². The zero-order chi connectivity index (χ0) is 13.6. The van der Waals surface area contributed by atoms with Crippen LogP contribution in [0.4, 0.5) is 0 Å². The predicted molar refractivity (Wildman–Crippen MR) is 69.4 cm³/mol. The van der Waals surface area contributed by atoms with Crippen LogP contribution in [-0.4, -0.2) is 21.4 Å². The van der Waals surface area contributed by atoms with Gasteiger partial charge in [0.2, 0.25) is 0 Å². The van der Waals surface area contributed by atoms with Crippen molar-refractivity contribution in [1.82, 2.24) is 4.57 Å². The lowest BCUT2D eigenvalue weighted by atomic mass is 9.97. The third kappa shape index (κ3) is 1.61. The van der Waals surface area contributed by atoms with Crippen molar-refractivity contribution >= 4 is 22.7 Å². The molecule has 0 fully saturated rings. The summed E-state index contributed by atoms with van der Waals surface area (Å²) in [5.41, 5.74) is 3.27. The van der Waals surface area contributed by atoms with E-state index >= 15 is 0 Å². The molecule has 0 atom stereocenters. The van der Waals surface area contributed by atoms with Gasteiger partial charge in [0, 0.05) is 24.2 Å². The molecule has 2 aromatic rings. The molecule has 0 saturated carbocycles. The Morgan fingerprint density at radius 3 is 2.33 bits per heavy atom. The summed E-state index contributed by atoms with van der Waals surface area (Å²) in [5, 5.41) is 9.95. The van der Waals surface area contributed by atoms with Gasteiger partial charge in [-0.1, -0.05) is 0 Å². The molecule has 4 nitrogen and oxygen atoms in total. The number of fused-ring (bicyclic) bond motifs is 1. The number of carboxylic acids is 1. The Labute approximate surface area is 105 Å². The van der Waals surface area contributed by atoms with Crippen LogP contribution in [0.15, 0.2) is 12.3 Å². The highest BCUT2D eigenvalue weighted by Crippen LogP contribution is 2.30.